The number of benzene rings is 2. The van der Waals surface area contributed by atoms with Gasteiger partial charge in [0.05, 0.1) is 16.8 Å². The van der Waals surface area contributed by atoms with E-state index < -0.39 is 5.97 Å². The lowest BCUT2D eigenvalue weighted by Gasteiger charge is -2.11. The van der Waals surface area contributed by atoms with Crippen molar-refractivity contribution in [2.75, 3.05) is 13.2 Å². The van der Waals surface area contributed by atoms with Crippen molar-refractivity contribution in [3.63, 3.8) is 0 Å². The zero-order valence-corrected chi connectivity index (χ0v) is 17.2. The quantitative estimate of drug-likeness (QED) is 0.564. The van der Waals surface area contributed by atoms with Gasteiger partial charge in [0.1, 0.15) is 0 Å². The van der Waals surface area contributed by atoms with Gasteiger partial charge in [0.15, 0.2) is 6.61 Å². The van der Waals surface area contributed by atoms with Crippen molar-refractivity contribution in [2.45, 2.75) is 20.3 Å². The summed E-state index contributed by atoms with van der Waals surface area (Å²) in [6.45, 7) is 4.41. The Bertz CT molecular complexity index is 1020. The van der Waals surface area contributed by atoms with Gasteiger partial charge >= 0.3 is 5.97 Å². The molecule has 3 aromatic rings. The average molecular weight is 411 g/mol. The van der Waals surface area contributed by atoms with Crippen LogP contribution in [0.2, 0.25) is 5.02 Å². The van der Waals surface area contributed by atoms with Crippen LogP contribution < -0.4 is 5.32 Å². The van der Waals surface area contributed by atoms with Crippen LogP contribution in [0.25, 0.3) is 22.2 Å². The van der Waals surface area contributed by atoms with Crippen LogP contribution >= 0.6 is 11.6 Å². The molecule has 150 valence electrons. The maximum atomic E-state index is 12.7. The molecule has 0 aliphatic heterocycles. The van der Waals surface area contributed by atoms with E-state index in [0.717, 1.165) is 12.0 Å². The van der Waals surface area contributed by atoms with E-state index in [0.29, 0.717) is 39.6 Å². The fourth-order valence-corrected chi connectivity index (χ4v) is 3.00. The SMILES string of the molecule is CC(C)CCNC(=O)COC(=O)c1cc(-c2ccc(Cl)cc2)nc2ccccc12. The van der Waals surface area contributed by atoms with E-state index in [1.165, 1.54) is 0 Å². The van der Waals surface area contributed by atoms with E-state index in [2.05, 4.69) is 24.1 Å². The van der Waals surface area contributed by atoms with E-state index in [1.54, 1.807) is 18.2 Å². The highest BCUT2D eigenvalue weighted by atomic mass is 35.5. The molecule has 0 radical (unpaired) electrons. The van der Waals surface area contributed by atoms with E-state index in [4.69, 9.17) is 16.3 Å². The number of aromatic nitrogens is 1. The number of hydrogen-bond acceptors (Lipinski definition) is 4. The fraction of sp³-hybridized carbons (Fsp3) is 0.261. The van der Waals surface area contributed by atoms with Gasteiger partial charge in [0.2, 0.25) is 0 Å². The monoisotopic (exact) mass is 410 g/mol. The van der Waals surface area contributed by atoms with Crippen molar-refractivity contribution in [3.05, 3.63) is 65.2 Å². The number of pyridine rings is 1. The Morgan fingerprint density at radius 2 is 1.83 bits per heavy atom. The first-order valence-electron chi connectivity index (χ1n) is 9.53. The van der Waals surface area contributed by atoms with Crippen LogP contribution in [0.4, 0.5) is 0 Å². The van der Waals surface area contributed by atoms with Gasteiger partial charge < -0.3 is 10.1 Å². The minimum absolute atomic E-state index is 0.310. The molecule has 0 aliphatic rings. The normalized spacial score (nSPS) is 10.9. The summed E-state index contributed by atoms with van der Waals surface area (Å²) in [5.74, 6) is -0.375. The third-order valence-electron chi connectivity index (χ3n) is 4.45. The first-order chi connectivity index (χ1) is 13.9. The molecular weight excluding hydrogens is 388 g/mol. The Kier molecular flexibility index (Phi) is 6.83. The van der Waals surface area contributed by atoms with Crippen LogP contribution in [0, 0.1) is 5.92 Å². The van der Waals surface area contributed by atoms with Crippen molar-refractivity contribution in [1.82, 2.24) is 10.3 Å². The number of esters is 1. The predicted molar refractivity (Wildman–Crippen MR) is 115 cm³/mol. The average Bonchev–Trinajstić information content (AvgIpc) is 2.71. The van der Waals surface area contributed by atoms with Gasteiger partial charge in [-0.2, -0.15) is 0 Å². The molecule has 0 saturated carbocycles. The van der Waals surface area contributed by atoms with Crippen LogP contribution in [0.15, 0.2) is 54.6 Å². The van der Waals surface area contributed by atoms with Crippen molar-refractivity contribution in [3.8, 4) is 11.3 Å². The Hall–Kier alpha value is -2.92. The smallest absolute Gasteiger partial charge is 0.339 e. The first kappa shape index (κ1) is 20.8. The molecule has 0 saturated heterocycles. The molecule has 0 fully saturated rings. The van der Waals surface area contributed by atoms with Crippen LogP contribution in [0.5, 0.6) is 0 Å². The number of halogens is 1. The van der Waals surface area contributed by atoms with Gasteiger partial charge in [-0.05, 0) is 36.6 Å². The number of nitrogens with one attached hydrogen (secondary N) is 1. The Morgan fingerprint density at radius 1 is 1.10 bits per heavy atom. The number of amides is 1. The number of ether oxygens (including phenoxy) is 1. The molecule has 29 heavy (non-hydrogen) atoms. The molecule has 3 rings (SSSR count). The zero-order chi connectivity index (χ0) is 20.8. The lowest BCUT2D eigenvalue weighted by Crippen LogP contribution is -2.30. The molecule has 2 aromatic carbocycles. The number of hydrogen-bond donors (Lipinski definition) is 1. The summed E-state index contributed by atoms with van der Waals surface area (Å²) < 4.78 is 5.27. The minimum Gasteiger partial charge on any atom is -0.452 e. The second kappa shape index (κ2) is 9.52. The summed E-state index contributed by atoms with van der Waals surface area (Å²) in [4.78, 5) is 29.3. The lowest BCUT2D eigenvalue weighted by atomic mass is 10.0. The number of carbonyl (C=O) groups excluding carboxylic acids is 2. The standard InChI is InChI=1S/C23H23ClN2O3/c1-15(2)11-12-25-22(27)14-29-23(28)19-13-21(16-7-9-17(24)10-8-16)26-20-6-4-3-5-18(19)20/h3-10,13,15H,11-12,14H2,1-2H3,(H,25,27). The molecule has 0 atom stereocenters. The summed E-state index contributed by atoms with van der Waals surface area (Å²) >= 11 is 5.97. The van der Waals surface area contributed by atoms with Crippen molar-refractivity contribution in [2.24, 2.45) is 5.92 Å². The molecule has 5 nitrogen and oxygen atoms in total. The summed E-state index contributed by atoms with van der Waals surface area (Å²) in [6, 6.07) is 16.3. The van der Waals surface area contributed by atoms with Gasteiger partial charge in [-0.15, -0.1) is 0 Å². The minimum atomic E-state index is -0.558. The maximum absolute atomic E-state index is 12.7. The molecule has 1 amide bonds. The summed E-state index contributed by atoms with van der Waals surface area (Å²) in [5.41, 5.74) is 2.51. The third kappa shape index (κ3) is 5.55. The molecule has 1 N–H and O–H groups in total. The summed E-state index contributed by atoms with van der Waals surface area (Å²) in [5, 5.41) is 4.06. The molecule has 0 bridgehead atoms. The molecule has 0 spiro atoms. The topological polar surface area (TPSA) is 68.3 Å². The third-order valence-corrected chi connectivity index (χ3v) is 4.71. The summed E-state index contributed by atoms with van der Waals surface area (Å²) in [6.07, 6.45) is 0.874. The van der Waals surface area contributed by atoms with E-state index in [-0.39, 0.29) is 12.5 Å². The molecular formula is C23H23ClN2O3. The molecule has 6 heteroatoms. The highest BCUT2D eigenvalue weighted by molar-refractivity contribution is 6.30. The van der Waals surface area contributed by atoms with Gasteiger partial charge in [-0.3, -0.25) is 4.79 Å². The van der Waals surface area contributed by atoms with Gasteiger partial charge in [-0.1, -0.05) is 55.8 Å². The van der Waals surface area contributed by atoms with Crippen molar-refractivity contribution in [1.29, 1.82) is 0 Å². The van der Waals surface area contributed by atoms with Crippen LogP contribution in [0.3, 0.4) is 0 Å². The van der Waals surface area contributed by atoms with E-state index >= 15 is 0 Å². The molecule has 0 aliphatic carbocycles. The lowest BCUT2D eigenvalue weighted by molar-refractivity contribution is -0.124. The number of carbonyl (C=O) groups is 2. The molecule has 1 aromatic heterocycles. The fourth-order valence-electron chi connectivity index (χ4n) is 2.87. The predicted octanol–water partition coefficient (Wildman–Crippen LogP) is 4.87. The Labute approximate surface area is 175 Å². The van der Waals surface area contributed by atoms with Gasteiger partial charge in [0, 0.05) is 22.5 Å². The Morgan fingerprint density at radius 3 is 2.55 bits per heavy atom. The maximum Gasteiger partial charge on any atom is 0.339 e. The Balaban J connectivity index is 1.81. The van der Waals surface area contributed by atoms with Crippen molar-refractivity contribution < 1.29 is 14.3 Å². The molecule has 1 heterocycles. The first-order valence-corrected chi connectivity index (χ1v) is 9.91. The zero-order valence-electron chi connectivity index (χ0n) is 16.4. The number of nitrogens with zero attached hydrogens (tertiary/aromatic N) is 1. The van der Waals surface area contributed by atoms with Gasteiger partial charge in [0.25, 0.3) is 5.91 Å². The van der Waals surface area contributed by atoms with Crippen LogP contribution in [0.1, 0.15) is 30.6 Å². The molecule has 0 unspecified atom stereocenters. The number of fused-ring (bicyclic) bond motifs is 1. The largest absolute Gasteiger partial charge is 0.452 e. The second-order valence-electron chi connectivity index (χ2n) is 7.19. The van der Waals surface area contributed by atoms with Gasteiger partial charge in [-0.25, -0.2) is 9.78 Å². The van der Waals surface area contributed by atoms with E-state index in [1.807, 2.05) is 36.4 Å². The van der Waals surface area contributed by atoms with E-state index in [9.17, 15) is 9.59 Å². The second-order valence-corrected chi connectivity index (χ2v) is 7.62. The van der Waals surface area contributed by atoms with Crippen LogP contribution in [-0.4, -0.2) is 30.0 Å². The summed E-state index contributed by atoms with van der Waals surface area (Å²) in [7, 11) is 0. The van der Waals surface area contributed by atoms with Crippen molar-refractivity contribution >= 4 is 34.4 Å². The number of para-hydroxylation sites is 1. The highest BCUT2D eigenvalue weighted by Gasteiger charge is 2.16. The van der Waals surface area contributed by atoms with Crippen LogP contribution in [-0.2, 0) is 9.53 Å². The number of rotatable bonds is 7. The highest BCUT2D eigenvalue weighted by Crippen LogP contribution is 2.26.